The highest BCUT2D eigenvalue weighted by Gasteiger charge is 2.41. The summed E-state index contributed by atoms with van der Waals surface area (Å²) >= 11 is 0.727. The molecule has 1 saturated heterocycles. The number of piperidine rings is 1. The van der Waals surface area contributed by atoms with Crippen molar-refractivity contribution in [3.8, 4) is 10.7 Å². The molecule has 5 rings (SSSR count). The Labute approximate surface area is 205 Å². The number of anilines is 1. The van der Waals surface area contributed by atoms with Gasteiger partial charge >= 0.3 is 0 Å². The van der Waals surface area contributed by atoms with Gasteiger partial charge in [-0.05, 0) is 38.7 Å². The highest BCUT2D eigenvalue weighted by Crippen LogP contribution is 2.38. The van der Waals surface area contributed by atoms with Crippen LogP contribution in [0.2, 0.25) is 0 Å². The Morgan fingerprint density at radius 1 is 1.23 bits per heavy atom. The molecule has 1 aliphatic carbocycles. The number of hydrogen-bond donors (Lipinski definition) is 2. The quantitative estimate of drug-likeness (QED) is 0.465. The van der Waals surface area contributed by atoms with E-state index in [0.29, 0.717) is 43.0 Å². The zero-order valence-electron chi connectivity index (χ0n) is 19.1. The van der Waals surface area contributed by atoms with Gasteiger partial charge in [0, 0.05) is 46.1 Å². The minimum atomic E-state index is -3.88. The van der Waals surface area contributed by atoms with E-state index in [2.05, 4.69) is 19.9 Å². The van der Waals surface area contributed by atoms with Gasteiger partial charge < -0.3 is 4.90 Å². The summed E-state index contributed by atoms with van der Waals surface area (Å²) in [5, 5.41) is 6.95. The van der Waals surface area contributed by atoms with E-state index in [-0.39, 0.29) is 15.2 Å². The van der Waals surface area contributed by atoms with Crippen LogP contribution in [0.5, 0.6) is 0 Å². The first-order chi connectivity index (χ1) is 16.4. The Kier molecular flexibility index (Phi) is 5.89. The first kappa shape index (κ1) is 24.5. The molecule has 3 aromatic rings. The van der Waals surface area contributed by atoms with E-state index in [9.17, 15) is 21.4 Å². The van der Waals surface area contributed by atoms with Crippen molar-refractivity contribution in [2.24, 2.45) is 0 Å². The number of imidazole rings is 1. The first-order valence-corrected chi connectivity index (χ1v) is 15.3. The van der Waals surface area contributed by atoms with Crippen LogP contribution in [-0.2, 0) is 19.8 Å². The standard InChI is InChI=1S/C20H25F2N7O3S3/c1-20(5-6-20)27-35(31,32)13-9-14(28-7-3-12(4-8-28)34(2,23)30)17-24-10-15(29(17)11-13)18-25-26-19(33-18)16(21)22/h9-12,16,23,27H,3-8H2,1-2H3. The maximum atomic E-state index is 13.3. The molecule has 2 fully saturated rings. The van der Waals surface area contributed by atoms with Crippen LogP contribution in [-0.4, -0.2) is 62.3 Å². The molecule has 15 heteroatoms. The lowest BCUT2D eigenvalue weighted by Crippen LogP contribution is -2.39. The smallest absolute Gasteiger partial charge is 0.291 e. The summed E-state index contributed by atoms with van der Waals surface area (Å²) in [4.78, 5) is 6.46. The normalized spacial score (nSPS) is 20.4. The van der Waals surface area contributed by atoms with Crippen LogP contribution in [0.15, 0.2) is 23.4 Å². The van der Waals surface area contributed by atoms with Crippen molar-refractivity contribution in [1.82, 2.24) is 24.3 Å². The molecule has 1 saturated carbocycles. The van der Waals surface area contributed by atoms with Crippen LogP contribution in [0.25, 0.3) is 16.3 Å². The number of hydrogen-bond acceptors (Lipinski definition) is 9. The second kappa shape index (κ2) is 8.42. The number of rotatable bonds is 7. The Morgan fingerprint density at radius 3 is 2.49 bits per heavy atom. The summed E-state index contributed by atoms with van der Waals surface area (Å²) < 4.78 is 77.1. The van der Waals surface area contributed by atoms with E-state index in [1.807, 2.05) is 11.8 Å². The zero-order chi connectivity index (χ0) is 25.2. The lowest BCUT2D eigenvalue weighted by atomic mass is 10.1. The van der Waals surface area contributed by atoms with Crippen LogP contribution in [0.3, 0.4) is 0 Å². The molecule has 1 unspecified atom stereocenters. The van der Waals surface area contributed by atoms with E-state index in [1.54, 1.807) is 10.5 Å². The van der Waals surface area contributed by atoms with Gasteiger partial charge in [-0.15, -0.1) is 10.2 Å². The van der Waals surface area contributed by atoms with Crippen molar-refractivity contribution in [3.05, 3.63) is 23.5 Å². The molecule has 2 aliphatic rings. The van der Waals surface area contributed by atoms with Crippen LogP contribution in [0, 0.1) is 4.78 Å². The number of sulfonamides is 1. The minimum absolute atomic E-state index is 0.0212. The fraction of sp³-hybridized carbons (Fsp3) is 0.550. The Bertz CT molecular complexity index is 1490. The highest BCUT2D eigenvalue weighted by atomic mass is 32.2. The topological polar surface area (TPSA) is 133 Å². The van der Waals surface area contributed by atoms with Gasteiger partial charge in [0.15, 0.2) is 15.7 Å². The molecule has 0 aromatic carbocycles. The number of halogens is 2. The number of aromatic nitrogens is 4. The summed E-state index contributed by atoms with van der Waals surface area (Å²) in [6.45, 7) is 2.80. The molecular formula is C20H25F2N7O3S3. The van der Waals surface area contributed by atoms with Gasteiger partial charge in [-0.2, -0.15) is 0 Å². The van der Waals surface area contributed by atoms with E-state index < -0.39 is 36.7 Å². The Balaban J connectivity index is 1.60. The zero-order valence-corrected chi connectivity index (χ0v) is 21.5. The van der Waals surface area contributed by atoms with Crippen molar-refractivity contribution in [2.75, 3.05) is 24.2 Å². The van der Waals surface area contributed by atoms with Gasteiger partial charge in [-0.1, -0.05) is 11.3 Å². The molecule has 0 spiro atoms. The maximum absolute atomic E-state index is 13.3. The van der Waals surface area contributed by atoms with Gasteiger partial charge in [0.2, 0.25) is 10.0 Å². The number of nitrogens with zero attached hydrogens (tertiary/aromatic N) is 5. The summed E-state index contributed by atoms with van der Waals surface area (Å²) in [5.74, 6) is 0. The number of fused-ring (bicyclic) bond motifs is 1. The van der Waals surface area contributed by atoms with Crippen LogP contribution < -0.4 is 9.62 Å². The molecule has 4 heterocycles. The Morgan fingerprint density at radius 2 is 1.91 bits per heavy atom. The minimum Gasteiger partial charge on any atom is -0.368 e. The molecule has 2 N–H and O–H groups in total. The fourth-order valence-corrected chi connectivity index (χ4v) is 7.53. The van der Waals surface area contributed by atoms with Crippen molar-refractivity contribution >= 4 is 42.4 Å². The molecule has 0 radical (unpaired) electrons. The highest BCUT2D eigenvalue weighted by molar-refractivity contribution is 7.92. The third kappa shape index (κ3) is 4.78. The molecule has 35 heavy (non-hydrogen) atoms. The van der Waals surface area contributed by atoms with E-state index >= 15 is 0 Å². The van der Waals surface area contributed by atoms with Gasteiger partial charge in [-0.3, -0.25) is 9.18 Å². The van der Waals surface area contributed by atoms with Gasteiger partial charge in [-0.25, -0.2) is 31.1 Å². The summed E-state index contributed by atoms with van der Waals surface area (Å²) in [6.07, 6.45) is 4.12. The van der Waals surface area contributed by atoms with Gasteiger partial charge in [0.1, 0.15) is 10.6 Å². The largest absolute Gasteiger partial charge is 0.368 e. The van der Waals surface area contributed by atoms with Crippen molar-refractivity contribution in [3.63, 3.8) is 0 Å². The summed E-state index contributed by atoms with van der Waals surface area (Å²) in [7, 11) is -6.56. The van der Waals surface area contributed by atoms with Crippen molar-refractivity contribution in [1.29, 1.82) is 4.78 Å². The SMILES string of the molecule is CC1(NS(=O)(=O)c2cc(N3CCC(S(C)(=N)=O)CC3)c3ncc(-c4nnc(C(F)F)s4)n3c2)CC1. The first-order valence-electron chi connectivity index (χ1n) is 11.0. The predicted molar refractivity (Wildman–Crippen MR) is 129 cm³/mol. The maximum Gasteiger partial charge on any atom is 0.291 e. The van der Waals surface area contributed by atoms with E-state index in [4.69, 9.17) is 4.78 Å². The van der Waals surface area contributed by atoms with Gasteiger partial charge in [0.05, 0.1) is 11.9 Å². The monoisotopic (exact) mass is 545 g/mol. The number of pyridine rings is 1. The molecule has 0 bridgehead atoms. The molecule has 10 nitrogen and oxygen atoms in total. The lowest BCUT2D eigenvalue weighted by Gasteiger charge is -2.34. The molecule has 3 aromatic heterocycles. The fourth-order valence-electron chi connectivity index (χ4n) is 4.23. The molecule has 0 amide bonds. The molecule has 1 atom stereocenters. The third-order valence-electron chi connectivity index (χ3n) is 6.52. The average Bonchev–Trinajstić information content (AvgIpc) is 3.18. The number of alkyl halides is 2. The molecule has 190 valence electrons. The Hall–Kier alpha value is -2.23. The van der Waals surface area contributed by atoms with Crippen LogP contribution in [0.4, 0.5) is 14.5 Å². The van der Waals surface area contributed by atoms with Crippen molar-refractivity contribution < 1.29 is 21.4 Å². The lowest BCUT2D eigenvalue weighted by molar-refractivity contribution is 0.150. The van der Waals surface area contributed by atoms with Crippen LogP contribution >= 0.6 is 11.3 Å². The van der Waals surface area contributed by atoms with E-state index in [0.717, 1.165) is 24.2 Å². The third-order valence-corrected chi connectivity index (χ3v) is 10.8. The summed E-state index contributed by atoms with van der Waals surface area (Å²) in [5.41, 5.74) is 0.889. The second-order valence-electron chi connectivity index (χ2n) is 9.40. The molecule has 1 aliphatic heterocycles. The molecular weight excluding hydrogens is 520 g/mol. The van der Waals surface area contributed by atoms with E-state index in [1.165, 1.54) is 18.6 Å². The van der Waals surface area contributed by atoms with Crippen LogP contribution in [0.1, 0.15) is 44.0 Å². The second-order valence-corrected chi connectivity index (χ2v) is 14.6. The average molecular weight is 546 g/mol. The summed E-state index contributed by atoms with van der Waals surface area (Å²) in [6, 6.07) is 1.56. The van der Waals surface area contributed by atoms with Gasteiger partial charge in [0.25, 0.3) is 6.43 Å². The number of nitrogens with one attached hydrogen (secondary N) is 2. The van der Waals surface area contributed by atoms with Crippen molar-refractivity contribution in [2.45, 2.75) is 54.7 Å². The predicted octanol–water partition coefficient (Wildman–Crippen LogP) is 3.27.